The standard InChI is InChI=1S/C22H31N3O6/c1-12-5-7-13(8-6-12)18(22(2,3)4)30-11-14-9-25(21(29)24-19(14)23)20-17(28)16(27)15(10-26)31-20/h5-9,15-18,20,26-28H,10-11H2,1-4H3,(H2,23,24,29)/t15-,16-,17-,18?,20?/m1/s1. The van der Waals surface area contributed by atoms with Crippen molar-refractivity contribution in [2.75, 3.05) is 12.3 Å². The average molecular weight is 434 g/mol. The molecule has 2 aromatic rings. The lowest BCUT2D eigenvalue weighted by Gasteiger charge is -2.31. The molecule has 1 aliphatic heterocycles. The lowest BCUT2D eigenvalue weighted by molar-refractivity contribution is -0.0559. The third-order valence-corrected chi connectivity index (χ3v) is 5.42. The molecule has 0 amide bonds. The Balaban J connectivity index is 1.87. The van der Waals surface area contributed by atoms with Gasteiger partial charge in [0.15, 0.2) is 6.23 Å². The maximum Gasteiger partial charge on any atom is 0.351 e. The van der Waals surface area contributed by atoms with Crippen LogP contribution in [0.15, 0.2) is 35.3 Å². The molecular weight excluding hydrogens is 402 g/mol. The molecule has 0 aliphatic carbocycles. The SMILES string of the molecule is Cc1ccc(C(OCc2cn(C3O[C@H](CO)[C@@H](O)[C@H]3O)c(=O)nc2N)C(C)(C)C)cc1. The molecule has 1 saturated heterocycles. The molecule has 5 N–H and O–H groups in total. The molecule has 2 heterocycles. The number of benzene rings is 1. The fourth-order valence-corrected chi connectivity index (χ4v) is 3.69. The first kappa shape index (κ1) is 23.4. The number of nitrogens with two attached hydrogens (primary N) is 1. The van der Waals surface area contributed by atoms with E-state index in [9.17, 15) is 20.1 Å². The number of aryl methyl sites for hydroxylation is 1. The van der Waals surface area contributed by atoms with Crippen LogP contribution in [0.1, 0.15) is 49.8 Å². The summed E-state index contributed by atoms with van der Waals surface area (Å²) < 4.78 is 12.7. The van der Waals surface area contributed by atoms with Crippen LogP contribution in [0.4, 0.5) is 5.82 Å². The Morgan fingerprint density at radius 3 is 2.42 bits per heavy atom. The summed E-state index contributed by atoms with van der Waals surface area (Å²) in [6.45, 7) is 7.80. The summed E-state index contributed by atoms with van der Waals surface area (Å²) in [6.07, 6.45) is -3.76. The van der Waals surface area contributed by atoms with Gasteiger partial charge >= 0.3 is 5.69 Å². The molecular formula is C22H31N3O6. The number of nitrogens with zero attached hydrogens (tertiary/aromatic N) is 2. The van der Waals surface area contributed by atoms with Crippen LogP contribution < -0.4 is 11.4 Å². The summed E-state index contributed by atoms with van der Waals surface area (Å²) in [5.74, 6) is 0.0181. The minimum absolute atomic E-state index is 0.0181. The maximum atomic E-state index is 12.4. The zero-order valence-corrected chi connectivity index (χ0v) is 18.2. The zero-order valence-electron chi connectivity index (χ0n) is 18.2. The summed E-state index contributed by atoms with van der Waals surface area (Å²) in [5, 5.41) is 29.5. The molecule has 9 heteroatoms. The highest BCUT2D eigenvalue weighted by molar-refractivity contribution is 5.36. The predicted octanol–water partition coefficient (Wildman–Crippen LogP) is 1.05. The number of hydrogen-bond acceptors (Lipinski definition) is 8. The van der Waals surface area contributed by atoms with Gasteiger partial charge in [0, 0.05) is 11.8 Å². The third-order valence-electron chi connectivity index (χ3n) is 5.42. The summed E-state index contributed by atoms with van der Waals surface area (Å²) in [7, 11) is 0. The van der Waals surface area contributed by atoms with E-state index in [1.807, 2.05) is 31.2 Å². The Labute approximate surface area is 181 Å². The average Bonchev–Trinajstić information content (AvgIpc) is 2.98. The Morgan fingerprint density at radius 2 is 1.87 bits per heavy atom. The molecule has 1 aromatic heterocycles. The van der Waals surface area contributed by atoms with Crippen molar-refractivity contribution in [3.63, 3.8) is 0 Å². The van der Waals surface area contributed by atoms with Crippen molar-refractivity contribution in [1.82, 2.24) is 9.55 Å². The molecule has 170 valence electrons. The molecule has 31 heavy (non-hydrogen) atoms. The van der Waals surface area contributed by atoms with Crippen LogP contribution in [0, 0.1) is 12.3 Å². The van der Waals surface area contributed by atoms with E-state index < -0.39 is 36.8 Å². The quantitative estimate of drug-likeness (QED) is 0.530. The van der Waals surface area contributed by atoms with Gasteiger partial charge in [0.25, 0.3) is 0 Å². The normalized spacial score (nSPS) is 25.0. The molecule has 2 unspecified atom stereocenters. The van der Waals surface area contributed by atoms with Crippen LogP contribution in [0.5, 0.6) is 0 Å². The first-order chi connectivity index (χ1) is 14.5. The van der Waals surface area contributed by atoms with Gasteiger partial charge in [-0.05, 0) is 17.9 Å². The van der Waals surface area contributed by atoms with Crippen LogP contribution >= 0.6 is 0 Å². The highest BCUT2D eigenvalue weighted by Gasteiger charge is 2.44. The topological polar surface area (TPSA) is 140 Å². The minimum atomic E-state index is -1.40. The number of rotatable bonds is 6. The fourth-order valence-electron chi connectivity index (χ4n) is 3.69. The molecule has 0 radical (unpaired) electrons. The largest absolute Gasteiger partial charge is 0.394 e. The van der Waals surface area contributed by atoms with Crippen molar-refractivity contribution in [3.8, 4) is 0 Å². The second-order valence-corrected chi connectivity index (χ2v) is 9.04. The molecule has 0 saturated carbocycles. The van der Waals surface area contributed by atoms with Crippen LogP contribution in [0.2, 0.25) is 0 Å². The smallest absolute Gasteiger partial charge is 0.351 e. The highest BCUT2D eigenvalue weighted by atomic mass is 16.6. The van der Waals surface area contributed by atoms with Gasteiger partial charge in [0.1, 0.15) is 24.1 Å². The van der Waals surface area contributed by atoms with Crippen molar-refractivity contribution in [3.05, 3.63) is 57.6 Å². The fraction of sp³-hybridized carbons (Fsp3) is 0.545. The van der Waals surface area contributed by atoms with Crippen LogP contribution in [-0.2, 0) is 16.1 Å². The van der Waals surface area contributed by atoms with E-state index >= 15 is 0 Å². The van der Waals surface area contributed by atoms with E-state index in [-0.39, 0.29) is 23.9 Å². The number of aromatic nitrogens is 2. The number of nitrogen functional groups attached to an aromatic ring is 1. The van der Waals surface area contributed by atoms with Gasteiger partial charge < -0.3 is 30.5 Å². The molecule has 1 fully saturated rings. The van der Waals surface area contributed by atoms with E-state index in [0.717, 1.165) is 15.7 Å². The summed E-state index contributed by atoms with van der Waals surface area (Å²) in [6, 6.07) is 8.09. The molecule has 1 aromatic carbocycles. The predicted molar refractivity (Wildman–Crippen MR) is 114 cm³/mol. The molecule has 3 rings (SSSR count). The van der Waals surface area contributed by atoms with Gasteiger partial charge in [0.05, 0.1) is 19.3 Å². The van der Waals surface area contributed by atoms with E-state index in [1.54, 1.807) is 0 Å². The molecule has 5 atom stereocenters. The summed E-state index contributed by atoms with van der Waals surface area (Å²) in [4.78, 5) is 16.2. The van der Waals surface area contributed by atoms with Crippen molar-refractivity contribution in [1.29, 1.82) is 0 Å². The number of aliphatic hydroxyl groups is 3. The third kappa shape index (κ3) is 4.97. The first-order valence-corrected chi connectivity index (χ1v) is 10.2. The second-order valence-electron chi connectivity index (χ2n) is 9.04. The first-order valence-electron chi connectivity index (χ1n) is 10.2. The molecule has 0 bridgehead atoms. The number of hydrogen-bond donors (Lipinski definition) is 4. The lowest BCUT2D eigenvalue weighted by Crippen LogP contribution is -2.36. The van der Waals surface area contributed by atoms with Crippen molar-refractivity contribution >= 4 is 5.82 Å². The van der Waals surface area contributed by atoms with Crippen molar-refractivity contribution < 1.29 is 24.8 Å². The summed E-state index contributed by atoms with van der Waals surface area (Å²) in [5.41, 5.74) is 7.62. The Hall–Kier alpha value is -2.30. The van der Waals surface area contributed by atoms with Gasteiger partial charge in [-0.25, -0.2) is 4.79 Å². The van der Waals surface area contributed by atoms with Gasteiger partial charge in [-0.2, -0.15) is 4.98 Å². The maximum absolute atomic E-state index is 12.4. The number of anilines is 1. The molecule has 1 aliphatic rings. The van der Waals surface area contributed by atoms with Crippen LogP contribution in [0.25, 0.3) is 0 Å². The highest BCUT2D eigenvalue weighted by Crippen LogP contribution is 2.37. The van der Waals surface area contributed by atoms with Gasteiger partial charge in [-0.15, -0.1) is 0 Å². The lowest BCUT2D eigenvalue weighted by atomic mass is 9.84. The van der Waals surface area contributed by atoms with Crippen molar-refractivity contribution in [2.24, 2.45) is 5.41 Å². The minimum Gasteiger partial charge on any atom is -0.394 e. The van der Waals surface area contributed by atoms with Crippen molar-refractivity contribution in [2.45, 2.75) is 64.9 Å². The van der Waals surface area contributed by atoms with Gasteiger partial charge in [-0.3, -0.25) is 4.57 Å². The van der Waals surface area contributed by atoms with E-state index in [0.29, 0.717) is 5.56 Å². The van der Waals surface area contributed by atoms with Gasteiger partial charge in [-0.1, -0.05) is 50.6 Å². The summed E-state index contributed by atoms with van der Waals surface area (Å²) >= 11 is 0. The van der Waals surface area contributed by atoms with Gasteiger partial charge in [0.2, 0.25) is 0 Å². The second kappa shape index (κ2) is 9.05. The monoisotopic (exact) mass is 433 g/mol. The molecule has 9 nitrogen and oxygen atoms in total. The van der Waals surface area contributed by atoms with E-state index in [4.69, 9.17) is 15.2 Å². The number of aliphatic hydroxyl groups excluding tert-OH is 3. The van der Waals surface area contributed by atoms with Crippen LogP contribution in [0.3, 0.4) is 0 Å². The van der Waals surface area contributed by atoms with E-state index in [2.05, 4.69) is 25.8 Å². The van der Waals surface area contributed by atoms with E-state index in [1.165, 1.54) is 6.20 Å². The Bertz CT molecular complexity index is 953. The zero-order chi connectivity index (χ0) is 22.9. The Kier molecular flexibility index (Phi) is 6.82. The Morgan fingerprint density at radius 1 is 1.23 bits per heavy atom. The number of ether oxygens (including phenoxy) is 2. The van der Waals surface area contributed by atoms with Crippen LogP contribution in [-0.4, -0.2) is 49.8 Å². The molecule has 0 spiro atoms.